The maximum atomic E-state index is 12.3. The van der Waals surface area contributed by atoms with Crippen LogP contribution in [-0.4, -0.2) is 39.8 Å². The Morgan fingerprint density at radius 3 is 2.35 bits per heavy atom. The van der Waals surface area contributed by atoms with Gasteiger partial charge < -0.3 is 10.1 Å². The summed E-state index contributed by atoms with van der Waals surface area (Å²) in [5.74, 6) is 0.371. The topological polar surface area (TPSA) is 75.7 Å². The highest BCUT2D eigenvalue weighted by Crippen LogP contribution is 2.17. The smallest absolute Gasteiger partial charge is 0.241 e. The molecule has 0 aliphatic carbocycles. The van der Waals surface area contributed by atoms with Crippen LogP contribution in [0.15, 0.2) is 54.6 Å². The first-order valence-corrected chi connectivity index (χ1v) is 10.1. The van der Waals surface area contributed by atoms with Gasteiger partial charge in [0.15, 0.2) is 0 Å². The van der Waals surface area contributed by atoms with Crippen LogP contribution in [0.2, 0.25) is 0 Å². The summed E-state index contributed by atoms with van der Waals surface area (Å²) in [7, 11) is -3.57. The number of nitrogens with one attached hydrogen (secondary N) is 1. The predicted octanol–water partition coefficient (Wildman–Crippen LogP) is 2.34. The zero-order valence-corrected chi connectivity index (χ0v) is 16.0. The van der Waals surface area contributed by atoms with E-state index in [9.17, 15) is 13.2 Å². The van der Waals surface area contributed by atoms with Crippen molar-refractivity contribution < 1.29 is 17.9 Å². The first-order valence-electron chi connectivity index (χ1n) is 8.28. The first kappa shape index (κ1) is 19.8. The second-order valence-corrected chi connectivity index (χ2v) is 8.06. The summed E-state index contributed by atoms with van der Waals surface area (Å²) in [5, 5.41) is 2.77. The van der Waals surface area contributed by atoms with Crippen molar-refractivity contribution >= 4 is 21.6 Å². The van der Waals surface area contributed by atoms with Gasteiger partial charge in [0, 0.05) is 0 Å². The van der Waals surface area contributed by atoms with Crippen LogP contribution in [0.4, 0.5) is 5.69 Å². The van der Waals surface area contributed by atoms with Gasteiger partial charge in [0.2, 0.25) is 15.9 Å². The Balaban J connectivity index is 1.94. The predicted molar refractivity (Wildman–Crippen MR) is 103 cm³/mol. The fourth-order valence-electron chi connectivity index (χ4n) is 2.42. The standard InChI is InChI=1S/C19H24N2O4S/c1-15-9-7-8-12-18(15)25-14-16(2)20-19(22)13-21(26(3,23)24)17-10-5-4-6-11-17/h4-12,16H,13-14H2,1-3H3,(H,20,22). The second-order valence-electron chi connectivity index (χ2n) is 6.15. The molecule has 0 fully saturated rings. The summed E-state index contributed by atoms with van der Waals surface area (Å²) in [6.07, 6.45) is 1.08. The number of hydrogen-bond donors (Lipinski definition) is 1. The number of ether oxygens (including phenoxy) is 1. The zero-order chi connectivity index (χ0) is 19.2. The van der Waals surface area contributed by atoms with E-state index < -0.39 is 10.0 Å². The average Bonchev–Trinajstić information content (AvgIpc) is 2.59. The molecule has 6 nitrogen and oxygen atoms in total. The molecule has 7 heteroatoms. The van der Waals surface area contributed by atoms with Gasteiger partial charge in [0.1, 0.15) is 18.9 Å². The maximum absolute atomic E-state index is 12.3. The Labute approximate surface area is 154 Å². The number of aryl methyl sites for hydroxylation is 1. The van der Waals surface area contributed by atoms with E-state index in [2.05, 4.69) is 5.32 Å². The minimum absolute atomic E-state index is 0.265. The van der Waals surface area contributed by atoms with Crippen LogP contribution in [-0.2, 0) is 14.8 Å². The molecule has 0 aromatic heterocycles. The number of rotatable bonds is 8. The SMILES string of the molecule is Cc1ccccc1OCC(C)NC(=O)CN(c1ccccc1)S(C)(=O)=O. The minimum atomic E-state index is -3.57. The Hall–Kier alpha value is -2.54. The van der Waals surface area contributed by atoms with E-state index in [0.717, 1.165) is 21.9 Å². The number of carbonyl (C=O) groups is 1. The summed E-state index contributed by atoms with van der Waals surface area (Å²) < 4.78 is 30.8. The monoisotopic (exact) mass is 376 g/mol. The number of amides is 1. The lowest BCUT2D eigenvalue weighted by Gasteiger charge is -2.23. The summed E-state index contributed by atoms with van der Waals surface area (Å²) in [4.78, 5) is 12.3. The van der Waals surface area contributed by atoms with Gasteiger partial charge in [-0.05, 0) is 37.6 Å². The van der Waals surface area contributed by atoms with Crippen molar-refractivity contribution in [1.82, 2.24) is 5.32 Å². The molecule has 0 heterocycles. The van der Waals surface area contributed by atoms with Gasteiger partial charge in [-0.3, -0.25) is 9.10 Å². The molecule has 0 aliphatic rings. The molecule has 2 aromatic carbocycles. The number of nitrogens with zero attached hydrogens (tertiary/aromatic N) is 1. The maximum Gasteiger partial charge on any atom is 0.241 e. The van der Waals surface area contributed by atoms with Crippen LogP contribution in [0, 0.1) is 6.92 Å². The highest BCUT2D eigenvalue weighted by molar-refractivity contribution is 7.92. The Morgan fingerprint density at radius 2 is 1.73 bits per heavy atom. The largest absolute Gasteiger partial charge is 0.491 e. The van der Waals surface area contributed by atoms with Gasteiger partial charge in [0.05, 0.1) is 18.0 Å². The summed E-state index contributed by atoms with van der Waals surface area (Å²) in [5.41, 5.74) is 1.47. The van der Waals surface area contributed by atoms with Crippen molar-refractivity contribution in [2.75, 3.05) is 23.7 Å². The van der Waals surface area contributed by atoms with E-state index in [-0.39, 0.29) is 18.5 Å². The van der Waals surface area contributed by atoms with Gasteiger partial charge in [0.25, 0.3) is 0 Å². The Morgan fingerprint density at radius 1 is 1.12 bits per heavy atom. The zero-order valence-electron chi connectivity index (χ0n) is 15.2. The molecule has 2 rings (SSSR count). The van der Waals surface area contributed by atoms with Crippen LogP contribution < -0.4 is 14.4 Å². The van der Waals surface area contributed by atoms with E-state index in [1.165, 1.54) is 0 Å². The molecule has 140 valence electrons. The van der Waals surface area contributed by atoms with Gasteiger partial charge >= 0.3 is 0 Å². The van der Waals surface area contributed by atoms with E-state index >= 15 is 0 Å². The molecule has 0 radical (unpaired) electrons. The van der Waals surface area contributed by atoms with Gasteiger partial charge in [-0.15, -0.1) is 0 Å². The highest BCUT2D eigenvalue weighted by atomic mass is 32.2. The van der Waals surface area contributed by atoms with E-state index in [0.29, 0.717) is 12.3 Å². The van der Waals surface area contributed by atoms with Crippen LogP contribution in [0.3, 0.4) is 0 Å². The third-order valence-corrected chi connectivity index (χ3v) is 4.86. The second kappa shape index (κ2) is 8.71. The number of sulfonamides is 1. The number of carbonyl (C=O) groups excluding carboxylic acids is 1. The van der Waals surface area contributed by atoms with E-state index in [1.807, 2.05) is 38.1 Å². The fraction of sp³-hybridized carbons (Fsp3) is 0.316. The van der Waals surface area contributed by atoms with Crippen molar-refractivity contribution in [1.29, 1.82) is 0 Å². The molecule has 1 amide bonds. The fourth-order valence-corrected chi connectivity index (χ4v) is 3.28. The summed E-state index contributed by atoms with van der Waals surface area (Å²) in [6.45, 7) is 3.77. The lowest BCUT2D eigenvalue weighted by atomic mass is 10.2. The van der Waals surface area contributed by atoms with Crippen LogP contribution in [0.5, 0.6) is 5.75 Å². The summed E-state index contributed by atoms with van der Waals surface area (Å²) >= 11 is 0. The van der Waals surface area contributed by atoms with Crippen LogP contribution in [0.25, 0.3) is 0 Å². The minimum Gasteiger partial charge on any atom is -0.491 e. The molecule has 0 saturated carbocycles. The molecule has 0 saturated heterocycles. The summed E-state index contributed by atoms with van der Waals surface area (Å²) in [6, 6.07) is 15.9. The average molecular weight is 376 g/mol. The number of anilines is 1. The van der Waals surface area contributed by atoms with Crippen molar-refractivity contribution in [3.05, 3.63) is 60.2 Å². The highest BCUT2D eigenvalue weighted by Gasteiger charge is 2.21. The molecule has 0 bridgehead atoms. The van der Waals surface area contributed by atoms with E-state index in [1.54, 1.807) is 30.3 Å². The Kier molecular flexibility index (Phi) is 6.63. The quantitative estimate of drug-likeness (QED) is 0.767. The number of hydrogen-bond acceptors (Lipinski definition) is 4. The molecule has 26 heavy (non-hydrogen) atoms. The lowest BCUT2D eigenvalue weighted by molar-refractivity contribution is -0.120. The molecule has 0 spiro atoms. The van der Waals surface area contributed by atoms with Crippen molar-refractivity contribution in [2.24, 2.45) is 0 Å². The number of benzene rings is 2. The molecular weight excluding hydrogens is 352 g/mol. The van der Waals surface area contributed by atoms with Crippen molar-refractivity contribution in [3.8, 4) is 5.75 Å². The Bertz CT molecular complexity index is 838. The molecule has 1 atom stereocenters. The molecule has 1 N–H and O–H groups in total. The third kappa shape index (κ3) is 5.77. The van der Waals surface area contributed by atoms with E-state index in [4.69, 9.17) is 4.74 Å². The van der Waals surface area contributed by atoms with Crippen LogP contribution in [0.1, 0.15) is 12.5 Å². The van der Waals surface area contributed by atoms with Crippen LogP contribution >= 0.6 is 0 Å². The molecular formula is C19H24N2O4S. The third-order valence-electron chi connectivity index (χ3n) is 3.72. The van der Waals surface area contributed by atoms with Gasteiger partial charge in [-0.2, -0.15) is 0 Å². The first-order chi connectivity index (χ1) is 12.3. The number of para-hydroxylation sites is 2. The van der Waals surface area contributed by atoms with Crippen molar-refractivity contribution in [3.63, 3.8) is 0 Å². The molecule has 2 aromatic rings. The molecule has 1 unspecified atom stereocenters. The normalized spacial score (nSPS) is 12.3. The lowest BCUT2D eigenvalue weighted by Crippen LogP contribution is -2.44. The van der Waals surface area contributed by atoms with Gasteiger partial charge in [-0.1, -0.05) is 36.4 Å². The van der Waals surface area contributed by atoms with Gasteiger partial charge in [-0.25, -0.2) is 8.42 Å². The molecule has 0 aliphatic heterocycles. The van der Waals surface area contributed by atoms with Crippen molar-refractivity contribution in [2.45, 2.75) is 19.9 Å².